The highest BCUT2D eigenvalue weighted by molar-refractivity contribution is 5.75. The van der Waals surface area contributed by atoms with Crippen molar-refractivity contribution < 1.29 is 22.5 Å². The highest BCUT2D eigenvalue weighted by Gasteiger charge is 2.30. The summed E-state index contributed by atoms with van der Waals surface area (Å²) in [5.74, 6) is 0.946. The number of benzene rings is 1. The SMILES string of the molecule is CN(Cc1cccc(C(F)(F)F)c1)C(=O)CCCc1nc(C(C)(C)C)no1. The first kappa shape index (κ1) is 20.9. The monoisotopic (exact) mass is 383 g/mol. The second-order valence-corrected chi connectivity index (χ2v) is 7.56. The first-order valence-corrected chi connectivity index (χ1v) is 8.70. The molecule has 0 saturated carbocycles. The molecule has 0 fully saturated rings. The van der Waals surface area contributed by atoms with Gasteiger partial charge in [0.05, 0.1) is 5.56 Å². The van der Waals surface area contributed by atoms with Crippen LogP contribution < -0.4 is 0 Å². The largest absolute Gasteiger partial charge is 0.416 e. The van der Waals surface area contributed by atoms with Gasteiger partial charge in [0, 0.05) is 31.8 Å². The Hall–Kier alpha value is -2.38. The maximum atomic E-state index is 12.8. The molecule has 0 radical (unpaired) electrons. The zero-order valence-corrected chi connectivity index (χ0v) is 15.9. The van der Waals surface area contributed by atoms with Gasteiger partial charge in [-0.3, -0.25) is 4.79 Å². The fourth-order valence-corrected chi connectivity index (χ4v) is 2.45. The van der Waals surface area contributed by atoms with E-state index in [1.54, 1.807) is 13.1 Å². The topological polar surface area (TPSA) is 59.2 Å². The van der Waals surface area contributed by atoms with Gasteiger partial charge in [0.25, 0.3) is 0 Å². The van der Waals surface area contributed by atoms with E-state index in [-0.39, 0.29) is 24.3 Å². The summed E-state index contributed by atoms with van der Waals surface area (Å²) in [6.07, 6.45) is -3.14. The zero-order valence-electron chi connectivity index (χ0n) is 15.9. The summed E-state index contributed by atoms with van der Waals surface area (Å²) in [7, 11) is 1.58. The van der Waals surface area contributed by atoms with Crippen molar-refractivity contribution in [3.8, 4) is 0 Å². The number of carbonyl (C=O) groups is 1. The summed E-state index contributed by atoms with van der Waals surface area (Å²) in [5, 5.41) is 3.93. The first-order chi connectivity index (χ1) is 12.5. The highest BCUT2D eigenvalue weighted by Crippen LogP contribution is 2.29. The van der Waals surface area contributed by atoms with Crippen molar-refractivity contribution in [1.82, 2.24) is 15.0 Å². The van der Waals surface area contributed by atoms with Gasteiger partial charge in [-0.05, 0) is 24.1 Å². The van der Waals surface area contributed by atoms with Crippen LogP contribution in [-0.2, 0) is 29.4 Å². The Morgan fingerprint density at radius 3 is 2.52 bits per heavy atom. The minimum Gasteiger partial charge on any atom is -0.341 e. The lowest BCUT2D eigenvalue weighted by Gasteiger charge is -2.18. The van der Waals surface area contributed by atoms with Crippen molar-refractivity contribution in [2.45, 2.75) is 58.2 Å². The van der Waals surface area contributed by atoms with E-state index >= 15 is 0 Å². The zero-order chi connectivity index (χ0) is 20.2. The molecule has 0 unspecified atom stereocenters. The Morgan fingerprint density at radius 1 is 1.22 bits per heavy atom. The number of hydrogen-bond acceptors (Lipinski definition) is 4. The van der Waals surface area contributed by atoms with Gasteiger partial charge >= 0.3 is 6.18 Å². The number of halogens is 3. The number of rotatable bonds is 6. The normalized spacial score (nSPS) is 12.3. The van der Waals surface area contributed by atoms with Crippen LogP contribution in [-0.4, -0.2) is 28.0 Å². The summed E-state index contributed by atoms with van der Waals surface area (Å²) < 4.78 is 43.5. The molecule has 0 saturated heterocycles. The van der Waals surface area contributed by atoms with Crippen molar-refractivity contribution in [1.29, 1.82) is 0 Å². The minimum absolute atomic E-state index is 0.123. The smallest absolute Gasteiger partial charge is 0.341 e. The van der Waals surface area contributed by atoms with Gasteiger partial charge in [0.15, 0.2) is 5.82 Å². The van der Waals surface area contributed by atoms with Crippen LogP contribution in [0, 0.1) is 0 Å². The van der Waals surface area contributed by atoms with Gasteiger partial charge in [-0.1, -0.05) is 38.1 Å². The maximum absolute atomic E-state index is 12.8. The molecule has 0 N–H and O–H groups in total. The van der Waals surface area contributed by atoms with Crippen LogP contribution in [0.25, 0.3) is 0 Å². The van der Waals surface area contributed by atoms with E-state index in [0.29, 0.717) is 30.1 Å². The Balaban J connectivity index is 1.85. The summed E-state index contributed by atoms with van der Waals surface area (Å²) in [6, 6.07) is 5.00. The van der Waals surface area contributed by atoms with E-state index in [1.807, 2.05) is 20.8 Å². The first-order valence-electron chi connectivity index (χ1n) is 8.70. The summed E-state index contributed by atoms with van der Waals surface area (Å²) in [4.78, 5) is 18.0. The molecule has 0 aliphatic rings. The van der Waals surface area contributed by atoms with E-state index in [1.165, 1.54) is 11.0 Å². The Morgan fingerprint density at radius 2 is 1.93 bits per heavy atom. The molecular weight excluding hydrogens is 359 g/mol. The van der Waals surface area contributed by atoms with Crippen molar-refractivity contribution in [2.24, 2.45) is 0 Å². The Labute approximate surface area is 156 Å². The molecule has 1 aromatic carbocycles. The van der Waals surface area contributed by atoms with Crippen LogP contribution in [0.15, 0.2) is 28.8 Å². The number of amides is 1. The molecule has 0 atom stereocenters. The average molecular weight is 383 g/mol. The maximum Gasteiger partial charge on any atom is 0.416 e. The van der Waals surface area contributed by atoms with Gasteiger partial charge in [0.2, 0.25) is 11.8 Å². The standard InChI is InChI=1S/C19H24F3N3O2/c1-18(2,3)17-23-15(27-24-17)9-6-10-16(26)25(4)12-13-7-5-8-14(11-13)19(20,21)22/h5,7-8,11H,6,9-10,12H2,1-4H3. The molecule has 1 aromatic heterocycles. The molecule has 27 heavy (non-hydrogen) atoms. The van der Waals surface area contributed by atoms with Crippen molar-refractivity contribution in [3.05, 3.63) is 47.1 Å². The van der Waals surface area contributed by atoms with E-state index < -0.39 is 11.7 Å². The Bertz CT molecular complexity index is 779. The van der Waals surface area contributed by atoms with E-state index in [4.69, 9.17) is 4.52 Å². The van der Waals surface area contributed by atoms with Crippen molar-refractivity contribution in [3.63, 3.8) is 0 Å². The predicted octanol–water partition coefficient (Wildman–Crippen LogP) is 4.37. The summed E-state index contributed by atoms with van der Waals surface area (Å²) >= 11 is 0. The quantitative estimate of drug-likeness (QED) is 0.743. The number of alkyl halides is 3. The third-order valence-corrected chi connectivity index (χ3v) is 4.02. The predicted molar refractivity (Wildman–Crippen MR) is 93.9 cm³/mol. The minimum atomic E-state index is -4.39. The molecule has 0 spiro atoms. The van der Waals surface area contributed by atoms with Crippen LogP contribution in [0.5, 0.6) is 0 Å². The van der Waals surface area contributed by atoms with Gasteiger partial charge in [0.1, 0.15) is 0 Å². The van der Waals surface area contributed by atoms with E-state index in [9.17, 15) is 18.0 Å². The fraction of sp³-hybridized carbons (Fsp3) is 0.526. The molecule has 1 amide bonds. The third-order valence-electron chi connectivity index (χ3n) is 4.02. The molecular formula is C19H24F3N3O2. The van der Waals surface area contributed by atoms with E-state index in [0.717, 1.165) is 12.1 Å². The van der Waals surface area contributed by atoms with Crippen LogP contribution in [0.4, 0.5) is 13.2 Å². The molecule has 8 heteroatoms. The third kappa shape index (κ3) is 6.08. The lowest BCUT2D eigenvalue weighted by atomic mass is 9.96. The second-order valence-electron chi connectivity index (χ2n) is 7.56. The molecule has 2 aromatic rings. The fourth-order valence-electron chi connectivity index (χ4n) is 2.45. The highest BCUT2D eigenvalue weighted by atomic mass is 19.4. The van der Waals surface area contributed by atoms with E-state index in [2.05, 4.69) is 10.1 Å². The van der Waals surface area contributed by atoms with Gasteiger partial charge in [-0.2, -0.15) is 18.2 Å². The molecule has 5 nitrogen and oxygen atoms in total. The summed E-state index contributed by atoms with van der Waals surface area (Å²) in [5.41, 5.74) is -0.484. The van der Waals surface area contributed by atoms with Crippen LogP contribution in [0.2, 0.25) is 0 Å². The van der Waals surface area contributed by atoms with Crippen LogP contribution in [0.1, 0.15) is 56.5 Å². The molecule has 1 heterocycles. The Kier molecular flexibility index (Phi) is 6.28. The molecule has 148 valence electrons. The summed E-state index contributed by atoms with van der Waals surface area (Å²) in [6.45, 7) is 6.06. The second kappa shape index (κ2) is 8.10. The molecule has 0 bridgehead atoms. The number of aromatic nitrogens is 2. The number of carbonyl (C=O) groups excluding carboxylic acids is 1. The van der Waals surface area contributed by atoms with Crippen molar-refractivity contribution >= 4 is 5.91 Å². The molecule has 0 aliphatic carbocycles. The number of hydrogen-bond donors (Lipinski definition) is 0. The lowest BCUT2D eigenvalue weighted by molar-refractivity contribution is -0.137. The number of aryl methyl sites for hydroxylation is 1. The van der Waals surface area contributed by atoms with Crippen LogP contribution in [0.3, 0.4) is 0 Å². The number of nitrogens with zero attached hydrogens (tertiary/aromatic N) is 3. The van der Waals surface area contributed by atoms with Gasteiger partial charge in [-0.25, -0.2) is 0 Å². The van der Waals surface area contributed by atoms with Crippen LogP contribution >= 0.6 is 0 Å². The van der Waals surface area contributed by atoms with Crippen molar-refractivity contribution in [2.75, 3.05) is 7.05 Å². The average Bonchev–Trinajstić information content (AvgIpc) is 3.03. The van der Waals surface area contributed by atoms with Gasteiger partial charge < -0.3 is 9.42 Å². The lowest BCUT2D eigenvalue weighted by Crippen LogP contribution is -2.26. The molecule has 0 aliphatic heterocycles. The van der Waals surface area contributed by atoms with Gasteiger partial charge in [-0.15, -0.1) is 0 Å². The molecule has 2 rings (SSSR count).